The van der Waals surface area contributed by atoms with Crippen LogP contribution in [0.15, 0.2) is 43.0 Å². The second-order valence-corrected chi connectivity index (χ2v) is 6.28. The summed E-state index contributed by atoms with van der Waals surface area (Å²) >= 11 is 0. The molecule has 0 unspecified atom stereocenters. The Labute approximate surface area is 146 Å². The Morgan fingerprint density at radius 1 is 1.20 bits per heavy atom. The number of halogens is 1. The number of nitrogens with zero attached hydrogens (tertiary/aromatic N) is 1. The Morgan fingerprint density at radius 3 is 2.56 bits per heavy atom. The van der Waals surface area contributed by atoms with Gasteiger partial charge in [0.15, 0.2) is 5.78 Å². The lowest BCUT2D eigenvalue weighted by molar-refractivity contribution is 0.101. The average Bonchev–Trinajstić information content (AvgIpc) is 3.08. The van der Waals surface area contributed by atoms with Crippen molar-refractivity contribution in [3.63, 3.8) is 0 Å². The van der Waals surface area contributed by atoms with Crippen LogP contribution in [0.2, 0.25) is 0 Å². The topological polar surface area (TPSA) is 52.6 Å². The van der Waals surface area contributed by atoms with Crippen LogP contribution in [-0.2, 0) is 0 Å². The number of nitrogens with one attached hydrogen (secondary N) is 1. The standard InChI is InChI=1S/C20H21FN2O2/c1-13(15-9-16(21)11-18(25)10-15)22-20-6-5-17(12-19(20)14(2)24)23-7-3-4-8-23/h5-6,9-12,22,25H,1,3-4,7-8H2,2H3. The van der Waals surface area contributed by atoms with Gasteiger partial charge in [-0.15, -0.1) is 0 Å². The van der Waals surface area contributed by atoms with Crippen molar-refractivity contribution in [1.82, 2.24) is 0 Å². The van der Waals surface area contributed by atoms with E-state index in [-0.39, 0.29) is 11.5 Å². The Balaban J connectivity index is 1.88. The Kier molecular flexibility index (Phi) is 4.74. The van der Waals surface area contributed by atoms with Crippen LogP contribution in [0.3, 0.4) is 0 Å². The summed E-state index contributed by atoms with van der Waals surface area (Å²) in [5, 5.41) is 12.6. The summed E-state index contributed by atoms with van der Waals surface area (Å²) in [4.78, 5) is 14.3. The third-order valence-electron chi connectivity index (χ3n) is 4.37. The summed E-state index contributed by atoms with van der Waals surface area (Å²) in [6.07, 6.45) is 2.32. The largest absolute Gasteiger partial charge is 0.508 e. The van der Waals surface area contributed by atoms with Crippen LogP contribution in [0.4, 0.5) is 15.8 Å². The molecule has 0 aromatic heterocycles. The quantitative estimate of drug-likeness (QED) is 0.791. The number of carbonyl (C=O) groups is 1. The fraction of sp³-hybridized carbons (Fsp3) is 0.250. The molecule has 1 fully saturated rings. The monoisotopic (exact) mass is 340 g/mol. The number of aromatic hydroxyl groups is 1. The van der Waals surface area contributed by atoms with Crippen LogP contribution in [0.1, 0.15) is 35.7 Å². The third-order valence-corrected chi connectivity index (χ3v) is 4.37. The number of carbonyl (C=O) groups excluding carboxylic acids is 1. The van der Waals surface area contributed by atoms with Crippen molar-refractivity contribution in [3.8, 4) is 5.75 Å². The molecule has 0 amide bonds. The van der Waals surface area contributed by atoms with E-state index in [1.165, 1.54) is 19.1 Å². The Bertz CT molecular complexity index is 806. The minimum Gasteiger partial charge on any atom is -0.508 e. The van der Waals surface area contributed by atoms with Gasteiger partial charge in [-0.2, -0.15) is 0 Å². The molecule has 1 heterocycles. The summed E-state index contributed by atoms with van der Waals surface area (Å²) < 4.78 is 13.5. The maximum Gasteiger partial charge on any atom is 0.161 e. The molecule has 2 aromatic rings. The molecule has 130 valence electrons. The van der Waals surface area contributed by atoms with Gasteiger partial charge in [0, 0.05) is 47.4 Å². The molecule has 1 aliphatic rings. The highest BCUT2D eigenvalue weighted by atomic mass is 19.1. The first-order chi connectivity index (χ1) is 11.9. The molecule has 3 rings (SSSR count). The summed E-state index contributed by atoms with van der Waals surface area (Å²) in [5.41, 5.74) is 3.04. The van der Waals surface area contributed by atoms with E-state index in [4.69, 9.17) is 0 Å². The highest BCUT2D eigenvalue weighted by Gasteiger charge is 2.16. The van der Waals surface area contributed by atoms with Crippen molar-refractivity contribution < 1.29 is 14.3 Å². The van der Waals surface area contributed by atoms with Crippen LogP contribution in [0.25, 0.3) is 5.70 Å². The highest BCUT2D eigenvalue weighted by molar-refractivity contribution is 6.02. The van der Waals surface area contributed by atoms with E-state index < -0.39 is 5.82 Å². The molecule has 0 radical (unpaired) electrons. The van der Waals surface area contributed by atoms with Crippen LogP contribution in [0.5, 0.6) is 5.75 Å². The van der Waals surface area contributed by atoms with Crippen LogP contribution in [-0.4, -0.2) is 24.0 Å². The molecule has 0 saturated carbocycles. The lowest BCUT2D eigenvalue weighted by atomic mass is 10.1. The van der Waals surface area contributed by atoms with E-state index in [2.05, 4.69) is 16.8 Å². The molecule has 2 aromatic carbocycles. The second kappa shape index (κ2) is 6.97. The molecular formula is C20H21FN2O2. The molecule has 0 bridgehead atoms. The predicted octanol–water partition coefficient (Wildman–Crippen LogP) is 4.42. The molecule has 0 atom stereocenters. The smallest absolute Gasteiger partial charge is 0.161 e. The zero-order valence-corrected chi connectivity index (χ0v) is 14.2. The Hall–Kier alpha value is -2.82. The minimum absolute atomic E-state index is 0.0570. The number of phenolic OH excluding ortho intramolecular Hbond substituents is 1. The number of phenols is 1. The van der Waals surface area contributed by atoms with Crippen molar-refractivity contribution in [1.29, 1.82) is 0 Å². The number of hydrogen-bond donors (Lipinski definition) is 2. The summed E-state index contributed by atoms with van der Waals surface area (Å²) in [6, 6.07) is 9.42. The van der Waals surface area contributed by atoms with Gasteiger partial charge in [-0.25, -0.2) is 4.39 Å². The second-order valence-electron chi connectivity index (χ2n) is 6.28. The third kappa shape index (κ3) is 3.82. The van der Waals surface area contributed by atoms with Crippen LogP contribution in [0, 0.1) is 5.82 Å². The SMILES string of the molecule is C=C(Nc1ccc(N2CCCC2)cc1C(C)=O)c1cc(O)cc(F)c1. The van der Waals surface area contributed by atoms with E-state index in [9.17, 15) is 14.3 Å². The van der Waals surface area contributed by atoms with Gasteiger partial charge in [0.05, 0.1) is 0 Å². The van der Waals surface area contributed by atoms with Gasteiger partial charge in [0.25, 0.3) is 0 Å². The molecular weight excluding hydrogens is 319 g/mol. The van der Waals surface area contributed by atoms with E-state index in [0.717, 1.165) is 37.7 Å². The minimum atomic E-state index is -0.547. The molecule has 4 nitrogen and oxygen atoms in total. The fourth-order valence-electron chi connectivity index (χ4n) is 3.09. The number of benzene rings is 2. The van der Waals surface area contributed by atoms with Gasteiger partial charge in [0.2, 0.25) is 0 Å². The lowest BCUT2D eigenvalue weighted by Crippen LogP contribution is -2.18. The highest BCUT2D eigenvalue weighted by Crippen LogP contribution is 2.29. The van der Waals surface area contributed by atoms with Gasteiger partial charge in [-0.3, -0.25) is 4.79 Å². The van der Waals surface area contributed by atoms with Crippen molar-refractivity contribution in [2.45, 2.75) is 19.8 Å². The maximum atomic E-state index is 13.5. The summed E-state index contributed by atoms with van der Waals surface area (Å²) in [5.74, 6) is -0.776. The predicted molar refractivity (Wildman–Crippen MR) is 98.6 cm³/mol. The number of anilines is 2. The zero-order chi connectivity index (χ0) is 18.0. The van der Waals surface area contributed by atoms with E-state index >= 15 is 0 Å². The van der Waals surface area contributed by atoms with Gasteiger partial charge in [-0.05, 0) is 50.1 Å². The fourth-order valence-corrected chi connectivity index (χ4v) is 3.09. The van der Waals surface area contributed by atoms with Gasteiger partial charge < -0.3 is 15.3 Å². The molecule has 0 spiro atoms. The first-order valence-electron chi connectivity index (χ1n) is 8.30. The van der Waals surface area contributed by atoms with Crippen LogP contribution < -0.4 is 10.2 Å². The first kappa shape index (κ1) is 17.0. The van der Waals surface area contributed by atoms with Gasteiger partial charge in [-0.1, -0.05) is 6.58 Å². The van der Waals surface area contributed by atoms with Crippen molar-refractivity contribution in [2.24, 2.45) is 0 Å². The van der Waals surface area contributed by atoms with Crippen LogP contribution >= 0.6 is 0 Å². The number of hydrogen-bond acceptors (Lipinski definition) is 4. The molecule has 0 aliphatic carbocycles. The molecule has 1 aliphatic heterocycles. The first-order valence-corrected chi connectivity index (χ1v) is 8.30. The summed E-state index contributed by atoms with van der Waals surface area (Å²) in [7, 11) is 0. The van der Waals surface area contributed by atoms with Gasteiger partial charge >= 0.3 is 0 Å². The van der Waals surface area contributed by atoms with E-state index in [1.807, 2.05) is 18.2 Å². The van der Waals surface area contributed by atoms with Crippen molar-refractivity contribution >= 4 is 22.9 Å². The molecule has 2 N–H and O–H groups in total. The molecule has 25 heavy (non-hydrogen) atoms. The normalized spacial score (nSPS) is 13.8. The number of ketones is 1. The maximum absolute atomic E-state index is 13.5. The Morgan fingerprint density at radius 2 is 1.92 bits per heavy atom. The van der Waals surface area contributed by atoms with Gasteiger partial charge in [0.1, 0.15) is 11.6 Å². The zero-order valence-electron chi connectivity index (χ0n) is 14.2. The number of rotatable bonds is 5. The van der Waals surface area contributed by atoms with E-state index in [1.54, 1.807) is 0 Å². The van der Waals surface area contributed by atoms with Crippen molar-refractivity contribution in [2.75, 3.05) is 23.3 Å². The van der Waals surface area contributed by atoms with E-state index in [0.29, 0.717) is 22.5 Å². The van der Waals surface area contributed by atoms with Crippen molar-refractivity contribution in [3.05, 3.63) is 59.9 Å². The molecule has 5 heteroatoms. The summed E-state index contributed by atoms with van der Waals surface area (Å²) in [6.45, 7) is 7.41. The molecule has 1 saturated heterocycles. The number of Topliss-reactive ketones (excluding diaryl/α,β-unsaturated/α-hetero) is 1. The lowest BCUT2D eigenvalue weighted by Gasteiger charge is -2.20. The average molecular weight is 340 g/mol.